The van der Waals surface area contributed by atoms with Gasteiger partial charge in [0.2, 0.25) is 0 Å². The van der Waals surface area contributed by atoms with Crippen LogP contribution in [0.1, 0.15) is 28.4 Å². The van der Waals surface area contributed by atoms with Gasteiger partial charge < -0.3 is 4.74 Å². The molecule has 1 unspecified atom stereocenters. The van der Waals surface area contributed by atoms with Crippen LogP contribution in [0, 0.1) is 12.3 Å². The minimum atomic E-state index is -0.812. The number of carbonyl (C=O) groups is 2. The molecule has 0 bridgehead atoms. The van der Waals surface area contributed by atoms with Gasteiger partial charge in [-0.15, -0.1) is 6.42 Å². The van der Waals surface area contributed by atoms with Gasteiger partial charge in [-0.1, -0.05) is 60.0 Å². The first-order chi connectivity index (χ1) is 10.6. The Morgan fingerprint density at radius 3 is 2.36 bits per heavy atom. The van der Waals surface area contributed by atoms with Crippen molar-refractivity contribution >= 4 is 23.4 Å². The molecule has 0 heterocycles. The number of carbonyl (C=O) groups excluding carboxylic acids is 2. The Morgan fingerprint density at radius 1 is 1.09 bits per heavy atom. The summed E-state index contributed by atoms with van der Waals surface area (Å²) in [6, 6.07) is 15.5. The first-order valence-electron chi connectivity index (χ1n) is 6.60. The zero-order valence-corrected chi connectivity index (χ0v) is 12.4. The second-order valence-corrected chi connectivity index (χ2v) is 4.93. The second kappa shape index (κ2) is 7.44. The highest BCUT2D eigenvalue weighted by atomic mass is 35.5. The summed E-state index contributed by atoms with van der Waals surface area (Å²) >= 11 is 5.93. The van der Waals surface area contributed by atoms with Crippen LogP contribution in [-0.2, 0) is 9.53 Å². The third kappa shape index (κ3) is 3.97. The number of ketones is 1. The van der Waals surface area contributed by atoms with E-state index in [-0.39, 0.29) is 5.56 Å². The van der Waals surface area contributed by atoms with Gasteiger partial charge in [0.15, 0.2) is 11.9 Å². The van der Waals surface area contributed by atoms with Crippen LogP contribution in [0.15, 0.2) is 54.6 Å². The van der Waals surface area contributed by atoms with E-state index in [1.54, 1.807) is 48.5 Å². The SMILES string of the molecule is C#CC(OC(=O)CC(=O)c1ccccc1Cl)c1ccccc1. The van der Waals surface area contributed by atoms with E-state index in [0.717, 1.165) is 0 Å². The minimum absolute atomic E-state index is 0.290. The summed E-state index contributed by atoms with van der Waals surface area (Å²) in [6.45, 7) is 0. The van der Waals surface area contributed by atoms with E-state index in [9.17, 15) is 9.59 Å². The fourth-order valence-electron chi connectivity index (χ4n) is 1.91. The van der Waals surface area contributed by atoms with Gasteiger partial charge in [-0.05, 0) is 12.1 Å². The van der Waals surface area contributed by atoms with Crippen molar-refractivity contribution in [2.24, 2.45) is 0 Å². The zero-order valence-electron chi connectivity index (χ0n) is 11.7. The topological polar surface area (TPSA) is 43.4 Å². The molecule has 0 spiro atoms. The van der Waals surface area contributed by atoms with E-state index >= 15 is 0 Å². The molecule has 0 fully saturated rings. The summed E-state index contributed by atoms with van der Waals surface area (Å²) in [5, 5.41) is 0.303. The molecule has 4 heteroatoms. The average Bonchev–Trinajstić information content (AvgIpc) is 2.53. The van der Waals surface area contributed by atoms with Gasteiger partial charge >= 0.3 is 5.97 Å². The normalized spacial score (nSPS) is 11.3. The highest BCUT2D eigenvalue weighted by Gasteiger charge is 2.19. The van der Waals surface area contributed by atoms with Gasteiger partial charge in [0.05, 0.1) is 5.02 Å². The summed E-state index contributed by atoms with van der Waals surface area (Å²) in [6.07, 6.45) is 4.17. The molecule has 22 heavy (non-hydrogen) atoms. The Kier molecular flexibility index (Phi) is 5.35. The van der Waals surface area contributed by atoms with Crippen LogP contribution in [-0.4, -0.2) is 11.8 Å². The zero-order chi connectivity index (χ0) is 15.9. The highest BCUT2D eigenvalue weighted by Crippen LogP contribution is 2.19. The Labute approximate surface area is 133 Å². The first-order valence-corrected chi connectivity index (χ1v) is 6.98. The number of esters is 1. The predicted octanol–water partition coefficient (Wildman–Crippen LogP) is 3.83. The third-order valence-electron chi connectivity index (χ3n) is 2.98. The maximum Gasteiger partial charge on any atom is 0.315 e. The van der Waals surface area contributed by atoms with Crippen LogP contribution in [0.25, 0.3) is 0 Å². The maximum absolute atomic E-state index is 12.0. The highest BCUT2D eigenvalue weighted by molar-refractivity contribution is 6.34. The number of ether oxygens (including phenoxy) is 1. The first kappa shape index (κ1) is 15.8. The minimum Gasteiger partial charge on any atom is -0.444 e. The average molecular weight is 313 g/mol. The van der Waals surface area contributed by atoms with Crippen LogP contribution in [0.3, 0.4) is 0 Å². The monoisotopic (exact) mass is 312 g/mol. The lowest BCUT2D eigenvalue weighted by Gasteiger charge is -2.12. The van der Waals surface area contributed by atoms with E-state index < -0.39 is 24.3 Å². The van der Waals surface area contributed by atoms with Gasteiger partial charge in [0.1, 0.15) is 6.42 Å². The smallest absolute Gasteiger partial charge is 0.315 e. The second-order valence-electron chi connectivity index (χ2n) is 4.53. The van der Waals surface area contributed by atoms with Crippen LogP contribution in [0.2, 0.25) is 5.02 Å². The summed E-state index contributed by atoms with van der Waals surface area (Å²) < 4.78 is 5.18. The van der Waals surface area contributed by atoms with Crippen molar-refractivity contribution in [2.75, 3.05) is 0 Å². The van der Waals surface area contributed by atoms with E-state index in [1.165, 1.54) is 0 Å². The number of hydrogen-bond acceptors (Lipinski definition) is 3. The molecule has 0 saturated carbocycles. The molecule has 110 valence electrons. The molecule has 0 aliphatic carbocycles. The number of halogens is 1. The number of rotatable bonds is 5. The van der Waals surface area contributed by atoms with Crippen molar-refractivity contribution in [1.82, 2.24) is 0 Å². The maximum atomic E-state index is 12.0. The van der Waals surface area contributed by atoms with E-state index in [4.69, 9.17) is 22.8 Å². The van der Waals surface area contributed by atoms with E-state index in [1.807, 2.05) is 6.07 Å². The molecule has 2 rings (SSSR count). The van der Waals surface area contributed by atoms with Crippen LogP contribution in [0.5, 0.6) is 0 Å². The fourth-order valence-corrected chi connectivity index (χ4v) is 2.15. The molecule has 0 aliphatic rings. The number of benzene rings is 2. The molecule has 0 radical (unpaired) electrons. The predicted molar refractivity (Wildman–Crippen MR) is 84.5 cm³/mol. The lowest BCUT2D eigenvalue weighted by molar-refractivity contribution is -0.145. The molecule has 0 N–H and O–H groups in total. The number of Topliss-reactive ketones (excluding diaryl/α,β-unsaturated/α-hetero) is 1. The Morgan fingerprint density at radius 2 is 1.73 bits per heavy atom. The van der Waals surface area contributed by atoms with E-state index in [0.29, 0.717) is 10.6 Å². The summed E-state index contributed by atoms with van der Waals surface area (Å²) in [7, 11) is 0. The molecule has 2 aromatic carbocycles. The Bertz CT molecular complexity index is 717. The van der Waals surface area contributed by atoms with Crippen molar-refractivity contribution in [2.45, 2.75) is 12.5 Å². The van der Waals surface area contributed by atoms with Crippen LogP contribution >= 0.6 is 11.6 Å². The Hall–Kier alpha value is -2.57. The molecular weight excluding hydrogens is 300 g/mol. The summed E-state index contributed by atoms with van der Waals surface area (Å²) in [5.41, 5.74) is 0.974. The lowest BCUT2D eigenvalue weighted by Crippen LogP contribution is -2.14. The van der Waals surface area contributed by atoms with Crippen molar-refractivity contribution < 1.29 is 14.3 Å². The van der Waals surface area contributed by atoms with Gasteiger partial charge in [-0.25, -0.2) is 0 Å². The third-order valence-corrected chi connectivity index (χ3v) is 3.31. The number of terminal acetylenes is 1. The molecule has 3 nitrogen and oxygen atoms in total. The van der Waals surface area contributed by atoms with Gasteiger partial charge in [-0.2, -0.15) is 0 Å². The molecule has 0 aliphatic heterocycles. The van der Waals surface area contributed by atoms with Crippen LogP contribution in [0.4, 0.5) is 0 Å². The van der Waals surface area contributed by atoms with Crippen molar-refractivity contribution in [3.8, 4) is 12.3 Å². The van der Waals surface area contributed by atoms with Gasteiger partial charge in [0.25, 0.3) is 0 Å². The van der Waals surface area contributed by atoms with Crippen molar-refractivity contribution in [3.63, 3.8) is 0 Å². The molecule has 0 saturated heterocycles. The largest absolute Gasteiger partial charge is 0.444 e. The van der Waals surface area contributed by atoms with Gasteiger partial charge in [0, 0.05) is 11.1 Å². The van der Waals surface area contributed by atoms with E-state index in [2.05, 4.69) is 5.92 Å². The molecule has 0 aromatic heterocycles. The molecule has 2 aromatic rings. The lowest BCUT2D eigenvalue weighted by atomic mass is 10.1. The standard InChI is InChI=1S/C18H13ClO3/c1-2-17(13-8-4-3-5-9-13)22-18(21)12-16(20)14-10-6-7-11-15(14)19/h1,3-11,17H,12H2. The molecule has 0 amide bonds. The quantitative estimate of drug-likeness (QED) is 0.365. The fraction of sp³-hybridized carbons (Fsp3) is 0.111. The summed E-state index contributed by atoms with van der Waals surface area (Å²) in [4.78, 5) is 23.9. The Balaban J connectivity index is 2.02. The van der Waals surface area contributed by atoms with Crippen LogP contribution < -0.4 is 0 Å². The summed E-state index contributed by atoms with van der Waals surface area (Å²) in [5.74, 6) is 1.31. The number of hydrogen-bond donors (Lipinski definition) is 0. The molecular formula is C18H13ClO3. The van der Waals surface area contributed by atoms with Crippen molar-refractivity contribution in [1.29, 1.82) is 0 Å². The molecule has 1 atom stereocenters. The van der Waals surface area contributed by atoms with Gasteiger partial charge in [-0.3, -0.25) is 9.59 Å². The van der Waals surface area contributed by atoms with Crippen molar-refractivity contribution in [3.05, 3.63) is 70.7 Å².